The van der Waals surface area contributed by atoms with Crippen LogP contribution in [0.3, 0.4) is 0 Å². The minimum Gasteiger partial charge on any atom is -0.436 e. The highest BCUT2D eigenvalue weighted by atomic mass is 35.5. The normalized spacial score (nSPS) is 12.5. The molecular weight excluding hydrogens is 313 g/mol. The number of amides is 1. The van der Waals surface area contributed by atoms with Crippen LogP contribution in [0, 0.1) is 11.8 Å². The SMILES string of the molecule is C1CCOC1.O=C(Nc1cccc(Cl)c1)OCC#CCCl. The number of nitrogens with one attached hydrogen (secondary N) is 1. The third-order valence-corrected chi connectivity index (χ3v) is 2.73. The van der Waals surface area contributed by atoms with Gasteiger partial charge in [0.25, 0.3) is 0 Å². The zero-order chi connectivity index (χ0) is 15.3. The van der Waals surface area contributed by atoms with Crippen LogP contribution in [0.2, 0.25) is 5.02 Å². The molecule has 4 nitrogen and oxygen atoms in total. The second kappa shape index (κ2) is 11.3. The van der Waals surface area contributed by atoms with Crippen molar-refractivity contribution in [2.24, 2.45) is 0 Å². The Morgan fingerprint density at radius 1 is 1.33 bits per heavy atom. The average Bonchev–Trinajstić information content (AvgIpc) is 3.03. The Balaban J connectivity index is 0.000000369. The molecule has 6 heteroatoms. The van der Waals surface area contributed by atoms with E-state index in [1.54, 1.807) is 24.3 Å². The van der Waals surface area contributed by atoms with E-state index in [0.717, 1.165) is 13.2 Å². The van der Waals surface area contributed by atoms with Crippen molar-refractivity contribution in [1.29, 1.82) is 0 Å². The van der Waals surface area contributed by atoms with Crippen molar-refractivity contribution in [3.05, 3.63) is 29.3 Å². The molecule has 0 aliphatic carbocycles. The molecule has 0 spiro atoms. The standard InChI is InChI=1S/C11H9Cl2NO2.C4H8O/c12-6-1-2-7-16-11(15)14-10-5-3-4-9(13)8-10;1-2-4-5-3-1/h3-5,8H,6-7H2,(H,14,15);1-4H2. The number of anilines is 1. The Bertz CT molecular complexity index is 486. The van der Waals surface area contributed by atoms with Crippen molar-refractivity contribution in [2.45, 2.75) is 12.8 Å². The summed E-state index contributed by atoms with van der Waals surface area (Å²) in [6.45, 7) is 2.01. The minimum absolute atomic E-state index is 0.0130. The highest BCUT2D eigenvalue weighted by Gasteiger charge is 2.01. The molecule has 1 amide bonds. The van der Waals surface area contributed by atoms with Crippen LogP contribution in [0.4, 0.5) is 10.5 Å². The third-order valence-electron chi connectivity index (χ3n) is 2.37. The third kappa shape index (κ3) is 9.19. The van der Waals surface area contributed by atoms with Crippen LogP contribution >= 0.6 is 23.2 Å². The highest BCUT2D eigenvalue weighted by molar-refractivity contribution is 6.30. The van der Waals surface area contributed by atoms with Gasteiger partial charge in [0.2, 0.25) is 0 Å². The number of benzene rings is 1. The Morgan fingerprint density at radius 3 is 2.67 bits per heavy atom. The van der Waals surface area contributed by atoms with Crippen LogP contribution in [0.25, 0.3) is 0 Å². The molecule has 0 bridgehead atoms. The fourth-order valence-corrected chi connectivity index (χ4v) is 1.72. The van der Waals surface area contributed by atoms with E-state index >= 15 is 0 Å². The number of ether oxygens (including phenoxy) is 2. The Hall–Kier alpha value is -1.41. The summed E-state index contributed by atoms with van der Waals surface area (Å²) in [5.41, 5.74) is 0.572. The maximum absolute atomic E-state index is 11.2. The first-order valence-corrected chi connectivity index (χ1v) is 7.42. The van der Waals surface area contributed by atoms with Gasteiger partial charge in [0, 0.05) is 23.9 Å². The predicted molar refractivity (Wildman–Crippen MR) is 85.0 cm³/mol. The van der Waals surface area contributed by atoms with Crippen molar-refractivity contribution >= 4 is 35.0 Å². The van der Waals surface area contributed by atoms with E-state index < -0.39 is 6.09 Å². The summed E-state index contributed by atoms with van der Waals surface area (Å²) in [4.78, 5) is 11.2. The van der Waals surface area contributed by atoms with Gasteiger partial charge in [-0.2, -0.15) is 0 Å². The van der Waals surface area contributed by atoms with Crippen LogP contribution in [0.15, 0.2) is 24.3 Å². The van der Waals surface area contributed by atoms with Gasteiger partial charge in [-0.25, -0.2) is 4.79 Å². The van der Waals surface area contributed by atoms with E-state index in [1.165, 1.54) is 12.8 Å². The van der Waals surface area contributed by atoms with Gasteiger partial charge in [-0.3, -0.25) is 5.32 Å². The fraction of sp³-hybridized carbons (Fsp3) is 0.400. The van der Waals surface area contributed by atoms with Crippen LogP contribution in [0.5, 0.6) is 0 Å². The Kier molecular flexibility index (Phi) is 9.47. The van der Waals surface area contributed by atoms with E-state index in [-0.39, 0.29) is 12.5 Å². The lowest BCUT2D eigenvalue weighted by atomic mass is 10.3. The molecule has 1 fully saturated rings. The number of hydrogen-bond acceptors (Lipinski definition) is 3. The maximum Gasteiger partial charge on any atom is 0.412 e. The lowest BCUT2D eigenvalue weighted by molar-refractivity contribution is 0.176. The zero-order valence-electron chi connectivity index (χ0n) is 11.5. The minimum atomic E-state index is -0.578. The van der Waals surface area contributed by atoms with E-state index in [0.29, 0.717) is 10.7 Å². The first-order valence-electron chi connectivity index (χ1n) is 6.51. The lowest BCUT2D eigenvalue weighted by Crippen LogP contribution is -2.13. The Morgan fingerprint density at radius 2 is 2.10 bits per heavy atom. The van der Waals surface area contributed by atoms with Crippen LogP contribution in [-0.4, -0.2) is 31.8 Å². The first kappa shape index (κ1) is 17.6. The molecule has 0 saturated carbocycles. The number of rotatable bonds is 2. The smallest absolute Gasteiger partial charge is 0.412 e. The molecule has 1 aliphatic heterocycles. The molecule has 0 atom stereocenters. The number of hydrogen-bond donors (Lipinski definition) is 1. The van der Waals surface area contributed by atoms with Crippen molar-refractivity contribution in [1.82, 2.24) is 0 Å². The highest BCUT2D eigenvalue weighted by Crippen LogP contribution is 2.14. The largest absolute Gasteiger partial charge is 0.436 e. The molecule has 1 N–H and O–H groups in total. The van der Waals surface area contributed by atoms with Gasteiger partial charge in [0.15, 0.2) is 6.61 Å². The molecule has 1 aromatic carbocycles. The molecule has 1 heterocycles. The number of halogens is 2. The summed E-state index contributed by atoms with van der Waals surface area (Å²) < 4.78 is 9.71. The second-order valence-electron chi connectivity index (χ2n) is 4.02. The van der Waals surface area contributed by atoms with Crippen LogP contribution in [0.1, 0.15) is 12.8 Å². The van der Waals surface area contributed by atoms with Crippen molar-refractivity contribution in [2.75, 3.05) is 31.0 Å². The summed E-state index contributed by atoms with van der Waals surface area (Å²) in [5, 5.41) is 3.05. The summed E-state index contributed by atoms with van der Waals surface area (Å²) in [5.74, 6) is 5.36. The maximum atomic E-state index is 11.2. The average molecular weight is 330 g/mol. The molecule has 1 saturated heterocycles. The van der Waals surface area contributed by atoms with Gasteiger partial charge in [-0.05, 0) is 31.0 Å². The molecule has 1 aliphatic rings. The fourth-order valence-electron chi connectivity index (χ4n) is 1.43. The molecular formula is C15H17Cl2NO3. The van der Waals surface area contributed by atoms with Gasteiger partial charge in [0.05, 0.1) is 5.88 Å². The quantitative estimate of drug-likeness (QED) is 0.660. The number of carbonyl (C=O) groups excluding carboxylic acids is 1. The first-order chi connectivity index (χ1) is 10.2. The summed E-state index contributed by atoms with van der Waals surface area (Å²) in [6.07, 6.45) is 1.98. The molecule has 1 aromatic rings. The number of carbonyl (C=O) groups is 1. The van der Waals surface area contributed by atoms with Crippen molar-refractivity contribution in [3.8, 4) is 11.8 Å². The van der Waals surface area contributed by atoms with E-state index in [9.17, 15) is 4.79 Å². The molecule has 21 heavy (non-hydrogen) atoms. The van der Waals surface area contributed by atoms with E-state index in [1.807, 2.05) is 0 Å². The van der Waals surface area contributed by atoms with E-state index in [2.05, 4.69) is 17.2 Å². The molecule has 0 radical (unpaired) electrons. The topological polar surface area (TPSA) is 47.6 Å². The van der Waals surface area contributed by atoms with Crippen LogP contribution < -0.4 is 5.32 Å². The predicted octanol–water partition coefficient (Wildman–Crippen LogP) is 3.93. The number of alkyl halides is 1. The van der Waals surface area contributed by atoms with Gasteiger partial charge in [-0.1, -0.05) is 29.5 Å². The van der Waals surface area contributed by atoms with Gasteiger partial charge in [-0.15, -0.1) is 11.6 Å². The van der Waals surface area contributed by atoms with Gasteiger partial charge < -0.3 is 9.47 Å². The molecule has 0 unspecified atom stereocenters. The summed E-state index contributed by atoms with van der Waals surface area (Å²) in [7, 11) is 0. The van der Waals surface area contributed by atoms with E-state index in [4.69, 9.17) is 32.7 Å². The summed E-state index contributed by atoms with van der Waals surface area (Å²) in [6, 6.07) is 6.76. The Labute approximate surface area is 134 Å². The van der Waals surface area contributed by atoms with Gasteiger partial charge >= 0.3 is 6.09 Å². The van der Waals surface area contributed by atoms with Gasteiger partial charge in [0.1, 0.15) is 0 Å². The van der Waals surface area contributed by atoms with Crippen molar-refractivity contribution < 1.29 is 14.3 Å². The monoisotopic (exact) mass is 329 g/mol. The second-order valence-corrected chi connectivity index (χ2v) is 4.72. The van der Waals surface area contributed by atoms with Crippen LogP contribution in [-0.2, 0) is 9.47 Å². The molecule has 0 aromatic heterocycles. The van der Waals surface area contributed by atoms with Crippen molar-refractivity contribution in [3.63, 3.8) is 0 Å². The lowest BCUT2D eigenvalue weighted by Gasteiger charge is -2.04. The zero-order valence-corrected chi connectivity index (χ0v) is 13.0. The summed E-state index contributed by atoms with van der Waals surface area (Å²) >= 11 is 11.1. The molecule has 114 valence electrons. The molecule has 2 rings (SSSR count).